The summed E-state index contributed by atoms with van der Waals surface area (Å²) in [6.07, 6.45) is 0. The average Bonchev–Trinajstić information content (AvgIpc) is 2.22. The molecule has 0 fully saturated rings. The average molecular weight is 349 g/mol. The second kappa shape index (κ2) is 5.81. The molecule has 0 aliphatic carbocycles. The number of hydrogen-bond donors (Lipinski definition) is 3. The number of benzene rings is 1. The third-order valence-corrected chi connectivity index (χ3v) is 4.80. The number of nitrogens with two attached hydrogens (primary N) is 1. The van der Waals surface area contributed by atoms with E-state index < -0.39 is 32.4 Å². The van der Waals surface area contributed by atoms with Gasteiger partial charge in [-0.2, -0.15) is 8.42 Å². The molecule has 0 spiro atoms. The molecule has 7 nitrogen and oxygen atoms in total. The van der Waals surface area contributed by atoms with Gasteiger partial charge in [0.1, 0.15) is 0 Å². The van der Waals surface area contributed by atoms with Crippen LogP contribution in [-0.4, -0.2) is 33.7 Å². The van der Waals surface area contributed by atoms with Gasteiger partial charge in [-0.3, -0.25) is 4.55 Å². The molecule has 1 rings (SSSR count). The zero-order valence-corrected chi connectivity index (χ0v) is 12.4. The first-order valence-corrected chi connectivity index (χ1v) is 8.57. The summed E-state index contributed by atoms with van der Waals surface area (Å²) < 4.78 is 55.0. The monoisotopic (exact) mass is 348 g/mol. The van der Waals surface area contributed by atoms with Gasteiger partial charge in [-0.15, -0.1) is 0 Å². The zero-order valence-electron chi connectivity index (χ0n) is 9.30. The summed E-state index contributed by atoms with van der Waals surface area (Å²) in [5.74, 6) is -0.747. The highest BCUT2D eigenvalue weighted by molar-refractivity contribution is 7.89. The number of anilines is 1. The van der Waals surface area contributed by atoms with E-state index in [1.807, 2.05) is 4.72 Å². The van der Waals surface area contributed by atoms with Crippen LogP contribution in [0.4, 0.5) is 5.69 Å². The molecule has 0 heterocycles. The smallest absolute Gasteiger partial charge is 0.266 e. The van der Waals surface area contributed by atoms with Gasteiger partial charge in [-0.25, -0.2) is 13.1 Å². The molecule has 108 valence electrons. The Bertz CT molecular complexity index is 664. The van der Waals surface area contributed by atoms with Crippen molar-refractivity contribution >= 4 is 49.0 Å². The third-order valence-electron chi connectivity index (χ3n) is 2.01. The van der Waals surface area contributed by atoms with Crippen molar-refractivity contribution in [1.82, 2.24) is 4.72 Å². The van der Waals surface area contributed by atoms with E-state index in [2.05, 4.69) is 0 Å². The Balaban J connectivity index is 2.95. The van der Waals surface area contributed by atoms with Crippen LogP contribution in [-0.2, 0) is 20.1 Å². The first kappa shape index (κ1) is 16.5. The second-order valence-electron chi connectivity index (χ2n) is 3.48. The van der Waals surface area contributed by atoms with E-state index in [0.29, 0.717) is 0 Å². The summed E-state index contributed by atoms with van der Waals surface area (Å²) in [5.41, 5.74) is 5.50. The summed E-state index contributed by atoms with van der Waals surface area (Å²) in [7, 11) is -8.25. The molecule has 0 atom stereocenters. The molecule has 0 saturated carbocycles. The number of halogens is 2. The maximum Gasteiger partial charge on any atom is 0.266 e. The Kier molecular flexibility index (Phi) is 5.04. The Hall–Kier alpha value is -0.580. The van der Waals surface area contributed by atoms with Crippen molar-refractivity contribution in [1.29, 1.82) is 0 Å². The fourth-order valence-corrected chi connectivity index (χ4v) is 3.29. The van der Waals surface area contributed by atoms with Gasteiger partial charge in [-0.05, 0) is 12.1 Å². The number of hydrogen-bond acceptors (Lipinski definition) is 5. The Morgan fingerprint density at radius 2 is 1.63 bits per heavy atom. The molecule has 0 saturated heterocycles. The molecule has 0 aliphatic rings. The van der Waals surface area contributed by atoms with E-state index in [1.54, 1.807) is 0 Å². The third kappa shape index (κ3) is 4.79. The lowest BCUT2D eigenvalue weighted by Gasteiger charge is -2.08. The van der Waals surface area contributed by atoms with E-state index in [-0.39, 0.29) is 20.6 Å². The molecule has 4 N–H and O–H groups in total. The molecule has 0 bridgehead atoms. The van der Waals surface area contributed by atoms with Gasteiger partial charge in [0.15, 0.2) is 0 Å². The summed E-state index contributed by atoms with van der Waals surface area (Å²) >= 11 is 11.4. The van der Waals surface area contributed by atoms with E-state index >= 15 is 0 Å². The lowest BCUT2D eigenvalue weighted by molar-refractivity contribution is 0.482. The first-order chi connectivity index (χ1) is 8.53. The topological polar surface area (TPSA) is 127 Å². The maximum absolute atomic E-state index is 11.8. The van der Waals surface area contributed by atoms with Crippen LogP contribution in [0.5, 0.6) is 0 Å². The molecular weight excluding hydrogens is 339 g/mol. The second-order valence-corrected chi connectivity index (χ2v) is 7.64. The molecule has 0 aromatic heterocycles. The highest BCUT2D eigenvalue weighted by atomic mass is 35.5. The molecule has 19 heavy (non-hydrogen) atoms. The van der Waals surface area contributed by atoms with Gasteiger partial charge in [0.25, 0.3) is 10.1 Å². The van der Waals surface area contributed by atoms with Gasteiger partial charge in [0, 0.05) is 6.54 Å². The van der Waals surface area contributed by atoms with Gasteiger partial charge < -0.3 is 5.73 Å². The molecule has 0 radical (unpaired) electrons. The van der Waals surface area contributed by atoms with E-state index in [4.69, 9.17) is 33.5 Å². The lowest BCUT2D eigenvalue weighted by atomic mass is 10.3. The molecule has 1 aromatic rings. The lowest BCUT2D eigenvalue weighted by Crippen LogP contribution is -2.29. The Labute approximate surface area is 120 Å². The molecule has 0 aliphatic heterocycles. The van der Waals surface area contributed by atoms with Crippen LogP contribution in [0.3, 0.4) is 0 Å². The first-order valence-electron chi connectivity index (χ1n) is 4.72. The number of rotatable bonds is 5. The van der Waals surface area contributed by atoms with Crippen molar-refractivity contribution in [3.63, 3.8) is 0 Å². The normalized spacial score (nSPS) is 12.6. The summed E-state index contributed by atoms with van der Waals surface area (Å²) in [4.78, 5) is -0.257. The number of nitrogens with one attached hydrogen (secondary N) is 1. The van der Waals surface area contributed by atoms with E-state index in [0.717, 1.165) is 12.1 Å². The summed E-state index contributed by atoms with van der Waals surface area (Å²) in [6.45, 7) is -0.485. The SMILES string of the molecule is Nc1c(Cl)cc(S(=O)(=O)NCCS(=O)(=O)O)cc1Cl. The predicted molar refractivity (Wildman–Crippen MR) is 72.5 cm³/mol. The van der Waals surface area contributed by atoms with Crippen molar-refractivity contribution < 1.29 is 21.4 Å². The van der Waals surface area contributed by atoms with Crippen molar-refractivity contribution in [2.75, 3.05) is 18.0 Å². The van der Waals surface area contributed by atoms with Gasteiger partial charge in [-0.1, -0.05) is 23.2 Å². The Morgan fingerprint density at radius 3 is 2.05 bits per heavy atom. The van der Waals surface area contributed by atoms with Crippen LogP contribution >= 0.6 is 23.2 Å². The maximum atomic E-state index is 11.8. The van der Waals surface area contributed by atoms with Crippen molar-refractivity contribution in [2.45, 2.75) is 4.90 Å². The van der Waals surface area contributed by atoms with Crippen LogP contribution in [0.1, 0.15) is 0 Å². The minimum absolute atomic E-state index is 0.0392. The quantitative estimate of drug-likeness (QED) is 0.532. The van der Waals surface area contributed by atoms with Gasteiger partial charge in [0.2, 0.25) is 10.0 Å². The van der Waals surface area contributed by atoms with Crippen LogP contribution in [0.15, 0.2) is 17.0 Å². The number of nitrogen functional groups attached to an aromatic ring is 1. The summed E-state index contributed by atoms with van der Waals surface area (Å²) in [5, 5.41) is -0.0784. The molecule has 11 heteroatoms. The van der Waals surface area contributed by atoms with Crippen LogP contribution < -0.4 is 10.5 Å². The fourth-order valence-electron chi connectivity index (χ4n) is 1.10. The van der Waals surface area contributed by atoms with Gasteiger partial charge >= 0.3 is 0 Å². The largest absolute Gasteiger partial charge is 0.396 e. The highest BCUT2D eigenvalue weighted by Crippen LogP contribution is 2.30. The standard InChI is InChI=1S/C8H10Cl2N2O5S2/c9-6-3-5(4-7(10)8(6)11)19(16,17)12-1-2-18(13,14)15/h3-4,12H,1-2,11H2,(H,13,14,15). The Morgan fingerprint density at radius 1 is 1.16 bits per heavy atom. The van der Waals surface area contributed by atoms with E-state index in [1.165, 1.54) is 0 Å². The summed E-state index contributed by atoms with van der Waals surface area (Å²) in [6, 6.07) is 2.16. The minimum Gasteiger partial charge on any atom is -0.396 e. The van der Waals surface area contributed by atoms with Crippen LogP contribution in [0.25, 0.3) is 0 Å². The van der Waals surface area contributed by atoms with Crippen molar-refractivity contribution in [3.8, 4) is 0 Å². The van der Waals surface area contributed by atoms with Gasteiger partial charge in [0.05, 0.1) is 26.4 Å². The molecule has 1 aromatic carbocycles. The highest BCUT2D eigenvalue weighted by Gasteiger charge is 2.18. The van der Waals surface area contributed by atoms with Crippen molar-refractivity contribution in [3.05, 3.63) is 22.2 Å². The van der Waals surface area contributed by atoms with Crippen molar-refractivity contribution in [2.24, 2.45) is 0 Å². The molecular formula is C8H10Cl2N2O5S2. The molecule has 0 amide bonds. The predicted octanol–water partition coefficient (Wildman–Crippen LogP) is 0.742. The van der Waals surface area contributed by atoms with Crippen LogP contribution in [0.2, 0.25) is 10.0 Å². The molecule has 0 unspecified atom stereocenters. The minimum atomic E-state index is -4.25. The zero-order chi connectivity index (χ0) is 14.8. The number of sulfonamides is 1. The fraction of sp³-hybridized carbons (Fsp3) is 0.250. The van der Waals surface area contributed by atoms with E-state index in [9.17, 15) is 16.8 Å². The van der Waals surface area contributed by atoms with Crippen LogP contribution in [0, 0.1) is 0 Å².